The number of amides is 2. The lowest BCUT2D eigenvalue weighted by atomic mass is 9.83. The predicted octanol–water partition coefficient (Wildman–Crippen LogP) is 3.25. The molecule has 2 unspecified atom stereocenters. The highest BCUT2D eigenvalue weighted by Crippen LogP contribution is 2.46. The quantitative estimate of drug-likeness (QED) is 0.519. The summed E-state index contributed by atoms with van der Waals surface area (Å²) in [6.07, 6.45) is 5.96. The molecule has 0 radical (unpaired) electrons. The molecule has 4 aromatic rings. The largest absolute Gasteiger partial charge is 0.376 e. The van der Waals surface area contributed by atoms with E-state index in [1.807, 2.05) is 48.8 Å². The summed E-state index contributed by atoms with van der Waals surface area (Å²) in [4.78, 5) is 30.9. The van der Waals surface area contributed by atoms with Crippen LogP contribution in [0.15, 0.2) is 54.9 Å². The van der Waals surface area contributed by atoms with Crippen LogP contribution in [0.1, 0.15) is 34.9 Å². The summed E-state index contributed by atoms with van der Waals surface area (Å²) >= 11 is 0. The summed E-state index contributed by atoms with van der Waals surface area (Å²) in [6, 6.07) is 14.0. The number of carbonyl (C=O) groups excluding carboxylic acids is 2. The molecule has 0 spiro atoms. The third-order valence-electron chi connectivity index (χ3n) is 6.69. The highest BCUT2D eigenvalue weighted by Gasteiger charge is 2.50. The van der Waals surface area contributed by atoms with E-state index in [-0.39, 0.29) is 11.8 Å². The summed E-state index contributed by atoms with van der Waals surface area (Å²) in [7, 11) is 0. The Labute approximate surface area is 172 Å². The minimum atomic E-state index is -0.663. The van der Waals surface area contributed by atoms with Gasteiger partial charge in [-0.1, -0.05) is 36.4 Å². The molecule has 30 heavy (non-hydrogen) atoms. The van der Waals surface area contributed by atoms with Crippen LogP contribution in [-0.4, -0.2) is 38.1 Å². The fourth-order valence-electron chi connectivity index (χ4n) is 5.38. The number of para-hydroxylation sites is 2. The Morgan fingerprint density at radius 2 is 1.73 bits per heavy atom. The molecular weight excluding hydrogens is 378 g/mol. The van der Waals surface area contributed by atoms with Crippen LogP contribution >= 0.6 is 0 Å². The van der Waals surface area contributed by atoms with Gasteiger partial charge >= 0.3 is 0 Å². The fourth-order valence-corrected chi connectivity index (χ4v) is 5.38. The van der Waals surface area contributed by atoms with Crippen molar-refractivity contribution in [3.8, 4) is 0 Å². The molecule has 0 aliphatic carbocycles. The van der Waals surface area contributed by atoms with Crippen molar-refractivity contribution < 1.29 is 14.7 Å². The summed E-state index contributed by atoms with van der Waals surface area (Å²) in [5, 5.41) is 11.8. The van der Waals surface area contributed by atoms with Gasteiger partial charge in [-0.05, 0) is 35.6 Å². The first-order valence-electron chi connectivity index (χ1n) is 10.3. The maximum atomic E-state index is 13.4. The van der Waals surface area contributed by atoms with Crippen LogP contribution in [0.4, 0.5) is 0 Å². The highest BCUT2D eigenvalue weighted by molar-refractivity contribution is 6.13. The highest BCUT2D eigenvalue weighted by atomic mass is 16.3. The molecule has 0 saturated carbocycles. The van der Waals surface area contributed by atoms with Crippen molar-refractivity contribution in [2.75, 3.05) is 6.73 Å². The maximum Gasteiger partial charge on any atom is 0.239 e. The molecule has 2 aliphatic rings. The zero-order chi connectivity index (χ0) is 20.4. The van der Waals surface area contributed by atoms with Gasteiger partial charge < -0.3 is 14.7 Å². The van der Waals surface area contributed by atoms with E-state index in [1.165, 1.54) is 11.1 Å². The van der Waals surface area contributed by atoms with Crippen molar-refractivity contribution in [3.05, 3.63) is 71.5 Å². The number of aromatic nitrogens is 2. The molecule has 2 aromatic carbocycles. The maximum absolute atomic E-state index is 13.4. The van der Waals surface area contributed by atoms with E-state index in [0.29, 0.717) is 0 Å². The molecule has 150 valence electrons. The predicted molar refractivity (Wildman–Crippen MR) is 113 cm³/mol. The number of nitrogens with zero attached hydrogens (tertiary/aromatic N) is 2. The Morgan fingerprint density at radius 1 is 0.967 bits per heavy atom. The number of fused-ring (bicyclic) bond motifs is 1. The number of hydrogen-bond acceptors (Lipinski definition) is 3. The fraction of sp³-hybridized carbons (Fsp3) is 0.250. The van der Waals surface area contributed by atoms with Crippen LogP contribution in [0.3, 0.4) is 0 Å². The average molecular weight is 399 g/mol. The number of imide groups is 1. The number of benzene rings is 2. The number of hydrogen-bond donors (Lipinski definition) is 2. The number of aliphatic hydroxyl groups is 1. The standard InChI is InChI=1S/C24H21N3O3/c28-13-27-23(29)20(17-11-25-19-9-2-1-7-15(17)19)21(24(27)30)18-12-26-10-4-6-14-5-3-8-16(18)22(14)26/h1-3,5,7-9,11-12,20-21,25,28H,4,6,10,13H2. The number of aliphatic hydroxyl groups excluding tert-OH is 1. The minimum Gasteiger partial charge on any atom is -0.376 e. The zero-order valence-corrected chi connectivity index (χ0v) is 16.3. The summed E-state index contributed by atoms with van der Waals surface area (Å²) in [5.41, 5.74) is 5.05. The van der Waals surface area contributed by atoms with E-state index in [0.717, 1.165) is 51.7 Å². The first kappa shape index (κ1) is 17.5. The molecule has 1 fully saturated rings. The molecule has 2 amide bonds. The van der Waals surface area contributed by atoms with E-state index in [2.05, 4.69) is 15.6 Å². The molecule has 0 bridgehead atoms. The molecule has 2 atom stereocenters. The normalized spacial score (nSPS) is 21.3. The first-order chi connectivity index (χ1) is 14.7. The van der Waals surface area contributed by atoms with Gasteiger partial charge in [-0.3, -0.25) is 14.5 Å². The van der Waals surface area contributed by atoms with Gasteiger partial charge in [0.1, 0.15) is 6.73 Å². The Morgan fingerprint density at radius 3 is 2.57 bits per heavy atom. The first-order valence-corrected chi connectivity index (χ1v) is 10.3. The van der Waals surface area contributed by atoms with Gasteiger partial charge in [0.05, 0.1) is 17.4 Å². The zero-order valence-electron chi connectivity index (χ0n) is 16.3. The number of H-pyrrole nitrogens is 1. The lowest BCUT2D eigenvalue weighted by molar-refractivity contribution is -0.143. The van der Waals surface area contributed by atoms with Crippen LogP contribution in [-0.2, 0) is 22.6 Å². The Hall–Kier alpha value is -3.38. The molecular formula is C24H21N3O3. The van der Waals surface area contributed by atoms with E-state index in [1.54, 1.807) is 0 Å². The number of aryl methyl sites for hydroxylation is 2. The third-order valence-corrected chi connectivity index (χ3v) is 6.69. The van der Waals surface area contributed by atoms with Crippen molar-refractivity contribution in [2.24, 2.45) is 0 Å². The smallest absolute Gasteiger partial charge is 0.239 e. The van der Waals surface area contributed by atoms with Gasteiger partial charge in [-0.25, -0.2) is 0 Å². The van der Waals surface area contributed by atoms with E-state index >= 15 is 0 Å². The molecule has 6 rings (SSSR count). The lowest BCUT2D eigenvalue weighted by Crippen LogP contribution is -2.31. The van der Waals surface area contributed by atoms with Crippen LogP contribution in [0, 0.1) is 0 Å². The molecule has 6 nitrogen and oxygen atoms in total. The molecule has 2 aromatic heterocycles. The Kier molecular flexibility index (Phi) is 3.67. The van der Waals surface area contributed by atoms with Crippen molar-refractivity contribution in [1.29, 1.82) is 0 Å². The second-order valence-electron chi connectivity index (χ2n) is 8.19. The average Bonchev–Trinajstić information content (AvgIpc) is 3.42. The van der Waals surface area contributed by atoms with E-state index in [4.69, 9.17) is 0 Å². The van der Waals surface area contributed by atoms with Gasteiger partial charge in [0.2, 0.25) is 11.8 Å². The lowest BCUT2D eigenvalue weighted by Gasteiger charge is -2.15. The molecule has 1 saturated heterocycles. The molecule has 2 aliphatic heterocycles. The molecule has 4 heterocycles. The number of aromatic amines is 1. The van der Waals surface area contributed by atoms with Crippen molar-refractivity contribution >= 4 is 33.6 Å². The van der Waals surface area contributed by atoms with E-state index < -0.39 is 18.6 Å². The van der Waals surface area contributed by atoms with Crippen LogP contribution in [0.2, 0.25) is 0 Å². The van der Waals surface area contributed by atoms with E-state index in [9.17, 15) is 14.7 Å². The SMILES string of the molecule is O=C1C(c2c[nH]c3ccccc23)C(c2cn3c4c(cccc24)CCC3)C(=O)N1CO. The number of likely N-dealkylation sites (tertiary alicyclic amines) is 1. The third kappa shape index (κ3) is 2.22. The van der Waals surface area contributed by atoms with Gasteiger partial charge in [0.25, 0.3) is 0 Å². The number of rotatable bonds is 3. The van der Waals surface area contributed by atoms with Crippen LogP contribution in [0.5, 0.6) is 0 Å². The van der Waals surface area contributed by atoms with Crippen molar-refractivity contribution in [3.63, 3.8) is 0 Å². The van der Waals surface area contributed by atoms with Crippen molar-refractivity contribution in [1.82, 2.24) is 14.5 Å². The van der Waals surface area contributed by atoms with Gasteiger partial charge in [-0.2, -0.15) is 0 Å². The summed E-state index contributed by atoms with van der Waals surface area (Å²) in [6.45, 7) is 0.306. The van der Waals surface area contributed by atoms with Crippen molar-refractivity contribution in [2.45, 2.75) is 31.2 Å². The summed E-state index contributed by atoms with van der Waals surface area (Å²) in [5.74, 6) is -1.99. The molecule has 2 N–H and O–H groups in total. The Bertz CT molecular complexity index is 1330. The van der Waals surface area contributed by atoms with Gasteiger partial charge in [0, 0.05) is 35.2 Å². The second-order valence-corrected chi connectivity index (χ2v) is 8.19. The minimum absolute atomic E-state index is 0.332. The number of nitrogens with one attached hydrogen (secondary N) is 1. The number of carbonyl (C=O) groups is 2. The summed E-state index contributed by atoms with van der Waals surface area (Å²) < 4.78 is 2.22. The van der Waals surface area contributed by atoms with Crippen LogP contribution in [0.25, 0.3) is 21.8 Å². The van der Waals surface area contributed by atoms with Crippen LogP contribution < -0.4 is 0 Å². The second kappa shape index (κ2) is 6.31. The van der Waals surface area contributed by atoms with Gasteiger partial charge in [-0.15, -0.1) is 0 Å². The van der Waals surface area contributed by atoms with Gasteiger partial charge in [0.15, 0.2) is 0 Å². The topological polar surface area (TPSA) is 78.3 Å². The Balaban J connectivity index is 1.60. The molecule has 6 heteroatoms. The monoisotopic (exact) mass is 399 g/mol.